The maximum absolute atomic E-state index is 11.7. The lowest BCUT2D eigenvalue weighted by atomic mass is 10.1. The number of piperidine rings is 1. The highest BCUT2D eigenvalue weighted by atomic mass is 32.1. The molecule has 15 heavy (non-hydrogen) atoms. The fourth-order valence-corrected chi connectivity index (χ4v) is 2.79. The highest BCUT2D eigenvalue weighted by molar-refractivity contribution is 7.11. The van der Waals surface area contributed by atoms with Crippen molar-refractivity contribution in [2.24, 2.45) is 5.73 Å². The van der Waals surface area contributed by atoms with E-state index in [2.05, 4.69) is 19.1 Å². The maximum Gasteiger partial charge on any atom is 0.239 e. The Kier molecular flexibility index (Phi) is 3.07. The SMILES string of the molecule is Cc1ccc(CN2CCCC(N)C2=O)s1. The average molecular weight is 224 g/mol. The summed E-state index contributed by atoms with van der Waals surface area (Å²) in [7, 11) is 0. The molecule has 1 fully saturated rings. The molecule has 0 bridgehead atoms. The summed E-state index contributed by atoms with van der Waals surface area (Å²) >= 11 is 1.75. The van der Waals surface area contributed by atoms with Crippen LogP contribution in [0.25, 0.3) is 0 Å². The summed E-state index contributed by atoms with van der Waals surface area (Å²) in [5.41, 5.74) is 5.74. The molecule has 2 rings (SSSR count). The molecule has 1 saturated heterocycles. The van der Waals surface area contributed by atoms with Crippen LogP contribution in [-0.2, 0) is 11.3 Å². The predicted octanol–water partition coefficient (Wildman–Crippen LogP) is 1.51. The zero-order chi connectivity index (χ0) is 10.8. The number of nitrogens with zero attached hydrogens (tertiary/aromatic N) is 1. The van der Waals surface area contributed by atoms with E-state index >= 15 is 0 Å². The summed E-state index contributed by atoms with van der Waals surface area (Å²) in [4.78, 5) is 16.2. The number of hydrogen-bond donors (Lipinski definition) is 1. The van der Waals surface area contributed by atoms with Gasteiger partial charge in [-0.15, -0.1) is 11.3 Å². The van der Waals surface area contributed by atoms with Crippen molar-refractivity contribution in [1.82, 2.24) is 4.90 Å². The summed E-state index contributed by atoms with van der Waals surface area (Å²) in [5.74, 6) is 0.104. The van der Waals surface area contributed by atoms with Gasteiger partial charge in [0, 0.05) is 16.3 Å². The van der Waals surface area contributed by atoms with Crippen molar-refractivity contribution < 1.29 is 4.79 Å². The molecule has 0 radical (unpaired) electrons. The van der Waals surface area contributed by atoms with Crippen molar-refractivity contribution in [2.75, 3.05) is 6.54 Å². The Labute approximate surface area is 93.9 Å². The summed E-state index contributed by atoms with van der Waals surface area (Å²) in [6.45, 7) is 3.66. The standard InChI is InChI=1S/C11H16N2OS/c1-8-4-5-9(15-8)7-13-6-2-3-10(12)11(13)14/h4-5,10H,2-3,6-7,12H2,1H3. The van der Waals surface area contributed by atoms with Crippen molar-refractivity contribution >= 4 is 17.2 Å². The smallest absolute Gasteiger partial charge is 0.239 e. The van der Waals surface area contributed by atoms with Gasteiger partial charge in [0.15, 0.2) is 0 Å². The Bertz CT molecular complexity index is 361. The molecule has 1 amide bonds. The zero-order valence-electron chi connectivity index (χ0n) is 8.90. The molecule has 2 N–H and O–H groups in total. The second-order valence-electron chi connectivity index (χ2n) is 4.02. The molecule has 82 valence electrons. The monoisotopic (exact) mass is 224 g/mol. The van der Waals surface area contributed by atoms with Crippen LogP contribution in [0.3, 0.4) is 0 Å². The van der Waals surface area contributed by atoms with Crippen molar-refractivity contribution in [3.63, 3.8) is 0 Å². The number of aryl methyl sites for hydroxylation is 1. The molecule has 4 heteroatoms. The van der Waals surface area contributed by atoms with Crippen molar-refractivity contribution in [3.8, 4) is 0 Å². The molecule has 1 aromatic rings. The second-order valence-corrected chi connectivity index (χ2v) is 5.39. The van der Waals surface area contributed by atoms with Crippen molar-refractivity contribution in [3.05, 3.63) is 21.9 Å². The molecule has 0 aromatic carbocycles. The molecule has 0 saturated carbocycles. The van der Waals surface area contributed by atoms with Gasteiger partial charge in [-0.2, -0.15) is 0 Å². The van der Waals surface area contributed by atoms with Crippen molar-refractivity contribution in [1.29, 1.82) is 0 Å². The van der Waals surface area contributed by atoms with Gasteiger partial charge in [0.25, 0.3) is 0 Å². The third-order valence-electron chi connectivity index (χ3n) is 2.71. The van der Waals surface area contributed by atoms with E-state index in [9.17, 15) is 4.79 Å². The molecule has 2 heterocycles. The lowest BCUT2D eigenvalue weighted by molar-refractivity contribution is -0.135. The third kappa shape index (κ3) is 2.38. The number of nitrogens with two attached hydrogens (primary N) is 1. The first kappa shape index (κ1) is 10.6. The first-order valence-electron chi connectivity index (χ1n) is 5.26. The van der Waals surface area contributed by atoms with Gasteiger partial charge >= 0.3 is 0 Å². The number of thiophene rings is 1. The molecule has 1 aliphatic rings. The number of hydrogen-bond acceptors (Lipinski definition) is 3. The van der Waals surface area contributed by atoms with E-state index in [1.807, 2.05) is 4.90 Å². The molecular formula is C11H16N2OS. The topological polar surface area (TPSA) is 46.3 Å². The minimum atomic E-state index is -0.278. The summed E-state index contributed by atoms with van der Waals surface area (Å²) in [5, 5.41) is 0. The Morgan fingerprint density at radius 1 is 1.60 bits per heavy atom. The number of likely N-dealkylation sites (tertiary alicyclic amines) is 1. The summed E-state index contributed by atoms with van der Waals surface area (Å²) < 4.78 is 0. The second kappa shape index (κ2) is 4.33. The molecule has 1 unspecified atom stereocenters. The lowest BCUT2D eigenvalue weighted by Gasteiger charge is -2.30. The highest BCUT2D eigenvalue weighted by Gasteiger charge is 2.25. The molecule has 0 spiro atoms. The summed E-state index contributed by atoms with van der Waals surface area (Å²) in [6, 6.07) is 3.90. The van der Waals surface area contributed by atoms with E-state index in [1.165, 1.54) is 9.75 Å². The van der Waals surface area contributed by atoms with Gasteiger partial charge in [0.05, 0.1) is 12.6 Å². The number of carbonyl (C=O) groups excluding carboxylic acids is 1. The maximum atomic E-state index is 11.7. The van der Waals surface area contributed by atoms with Gasteiger partial charge in [-0.1, -0.05) is 0 Å². The van der Waals surface area contributed by atoms with Crippen LogP contribution in [0.15, 0.2) is 12.1 Å². The van der Waals surface area contributed by atoms with Crippen LogP contribution in [0.5, 0.6) is 0 Å². The first-order chi connectivity index (χ1) is 7.16. The minimum Gasteiger partial charge on any atom is -0.336 e. The first-order valence-corrected chi connectivity index (χ1v) is 6.08. The molecular weight excluding hydrogens is 208 g/mol. The fraction of sp³-hybridized carbons (Fsp3) is 0.545. The van der Waals surface area contributed by atoms with E-state index < -0.39 is 0 Å². The highest BCUT2D eigenvalue weighted by Crippen LogP contribution is 2.19. The van der Waals surface area contributed by atoms with Gasteiger partial charge in [0.1, 0.15) is 0 Å². The number of amides is 1. The largest absolute Gasteiger partial charge is 0.336 e. The van der Waals surface area contributed by atoms with E-state index in [0.29, 0.717) is 0 Å². The Hall–Kier alpha value is -0.870. The van der Waals surface area contributed by atoms with Gasteiger partial charge in [-0.25, -0.2) is 0 Å². The lowest BCUT2D eigenvalue weighted by Crippen LogP contribution is -2.47. The predicted molar refractivity (Wildman–Crippen MR) is 61.7 cm³/mol. The van der Waals surface area contributed by atoms with Crippen LogP contribution in [0.1, 0.15) is 22.6 Å². The van der Waals surface area contributed by atoms with E-state index in [4.69, 9.17) is 5.73 Å². The van der Waals surface area contributed by atoms with Gasteiger partial charge in [-0.05, 0) is 31.9 Å². The number of carbonyl (C=O) groups is 1. The fourth-order valence-electron chi connectivity index (χ4n) is 1.89. The molecule has 3 nitrogen and oxygen atoms in total. The van der Waals surface area contributed by atoms with Crippen LogP contribution < -0.4 is 5.73 Å². The van der Waals surface area contributed by atoms with Crippen LogP contribution >= 0.6 is 11.3 Å². The van der Waals surface area contributed by atoms with E-state index in [0.717, 1.165) is 25.9 Å². The third-order valence-corrected chi connectivity index (χ3v) is 3.70. The quantitative estimate of drug-likeness (QED) is 0.827. The molecule has 1 aromatic heterocycles. The van der Waals surface area contributed by atoms with Crippen LogP contribution in [-0.4, -0.2) is 23.4 Å². The van der Waals surface area contributed by atoms with Crippen LogP contribution in [0.2, 0.25) is 0 Å². The molecule has 0 aliphatic carbocycles. The number of rotatable bonds is 2. The average Bonchev–Trinajstić information content (AvgIpc) is 2.59. The van der Waals surface area contributed by atoms with Crippen molar-refractivity contribution in [2.45, 2.75) is 32.4 Å². The Morgan fingerprint density at radius 2 is 2.40 bits per heavy atom. The normalized spacial score (nSPS) is 22.1. The van der Waals surface area contributed by atoms with E-state index in [-0.39, 0.29) is 11.9 Å². The van der Waals surface area contributed by atoms with E-state index in [1.54, 1.807) is 11.3 Å². The molecule has 1 aliphatic heterocycles. The van der Waals surface area contributed by atoms with Crippen LogP contribution in [0.4, 0.5) is 0 Å². The molecule has 1 atom stereocenters. The minimum absolute atomic E-state index is 0.104. The van der Waals surface area contributed by atoms with Crippen LogP contribution in [0, 0.1) is 6.92 Å². The Balaban J connectivity index is 2.02. The van der Waals surface area contributed by atoms with Gasteiger partial charge < -0.3 is 10.6 Å². The van der Waals surface area contributed by atoms with Gasteiger partial charge in [0.2, 0.25) is 5.91 Å². The zero-order valence-corrected chi connectivity index (χ0v) is 9.72. The van der Waals surface area contributed by atoms with Gasteiger partial charge in [-0.3, -0.25) is 4.79 Å². The Morgan fingerprint density at radius 3 is 3.07 bits per heavy atom. The summed E-state index contributed by atoms with van der Waals surface area (Å²) in [6.07, 6.45) is 1.86.